The van der Waals surface area contributed by atoms with Crippen LogP contribution in [0.3, 0.4) is 0 Å². The molecule has 0 saturated carbocycles. The molecule has 0 aliphatic rings. The second-order valence-electron chi connectivity index (χ2n) is 3.58. The van der Waals surface area contributed by atoms with Crippen molar-refractivity contribution in [3.05, 3.63) is 30.3 Å². The lowest BCUT2D eigenvalue weighted by molar-refractivity contribution is 0.115. The van der Waals surface area contributed by atoms with Crippen LogP contribution in [0, 0.1) is 0 Å². The smallest absolute Gasteiger partial charge is 0.411 e. The van der Waals surface area contributed by atoms with Crippen LogP contribution in [0.4, 0.5) is 15.3 Å². The molecule has 0 saturated heterocycles. The number of anilines is 1. The number of carbonyl (C=O) groups excluding carboxylic acids is 2. The van der Waals surface area contributed by atoms with Gasteiger partial charge in [-0.2, -0.15) is 0 Å². The number of para-hydroxylation sites is 1. The predicted molar refractivity (Wildman–Crippen MR) is 66.4 cm³/mol. The number of alkyl carbamates (subject to hydrolysis) is 1. The summed E-state index contributed by atoms with van der Waals surface area (Å²) >= 11 is 0. The first-order chi connectivity index (χ1) is 8.61. The van der Waals surface area contributed by atoms with Gasteiger partial charge in [-0.25, -0.2) is 9.59 Å². The van der Waals surface area contributed by atoms with Crippen LogP contribution in [-0.4, -0.2) is 31.9 Å². The van der Waals surface area contributed by atoms with Crippen molar-refractivity contribution in [3.63, 3.8) is 0 Å². The van der Waals surface area contributed by atoms with Gasteiger partial charge in [0.05, 0.1) is 13.7 Å². The van der Waals surface area contributed by atoms with Gasteiger partial charge in [-0.15, -0.1) is 0 Å². The van der Waals surface area contributed by atoms with Crippen LogP contribution < -0.4 is 10.6 Å². The Morgan fingerprint density at radius 1 is 1.22 bits per heavy atom. The van der Waals surface area contributed by atoms with Crippen molar-refractivity contribution in [3.8, 4) is 0 Å². The highest BCUT2D eigenvalue weighted by molar-refractivity contribution is 5.84. The topological polar surface area (TPSA) is 76.7 Å². The molecule has 0 aliphatic heterocycles. The maximum atomic E-state index is 11.5. The van der Waals surface area contributed by atoms with E-state index in [9.17, 15) is 9.59 Å². The van der Waals surface area contributed by atoms with Crippen molar-refractivity contribution < 1.29 is 19.1 Å². The normalized spacial score (nSPS) is 11.2. The number of rotatable bonds is 4. The fourth-order valence-electron chi connectivity index (χ4n) is 1.19. The van der Waals surface area contributed by atoms with Crippen molar-refractivity contribution in [1.82, 2.24) is 5.32 Å². The van der Waals surface area contributed by atoms with Crippen molar-refractivity contribution in [2.75, 3.05) is 19.0 Å². The molecule has 1 atom stereocenters. The third-order valence-electron chi connectivity index (χ3n) is 2.05. The zero-order valence-corrected chi connectivity index (χ0v) is 10.3. The van der Waals surface area contributed by atoms with E-state index in [0.29, 0.717) is 5.69 Å². The number of nitrogens with one attached hydrogen (secondary N) is 2. The Hall–Kier alpha value is -2.24. The summed E-state index contributed by atoms with van der Waals surface area (Å²) in [6, 6.07) is 8.95. The Labute approximate surface area is 105 Å². The van der Waals surface area contributed by atoms with E-state index in [0.717, 1.165) is 0 Å². The van der Waals surface area contributed by atoms with Gasteiger partial charge >= 0.3 is 12.2 Å². The minimum absolute atomic E-state index is 0.189. The van der Waals surface area contributed by atoms with Gasteiger partial charge in [0.25, 0.3) is 0 Å². The molecule has 0 aromatic heterocycles. The Bertz CT molecular complexity index is 394. The first-order valence-corrected chi connectivity index (χ1v) is 5.46. The van der Waals surface area contributed by atoms with Gasteiger partial charge in [0.15, 0.2) is 0 Å². The number of hydrogen-bond acceptors (Lipinski definition) is 4. The Kier molecular flexibility index (Phi) is 5.50. The van der Waals surface area contributed by atoms with Gasteiger partial charge in [-0.1, -0.05) is 18.2 Å². The average molecular weight is 252 g/mol. The maximum absolute atomic E-state index is 11.5. The van der Waals surface area contributed by atoms with E-state index in [-0.39, 0.29) is 6.54 Å². The second-order valence-corrected chi connectivity index (χ2v) is 3.58. The molecule has 1 aromatic carbocycles. The van der Waals surface area contributed by atoms with Gasteiger partial charge < -0.3 is 14.8 Å². The van der Waals surface area contributed by atoms with Gasteiger partial charge in [-0.3, -0.25) is 5.32 Å². The van der Waals surface area contributed by atoms with Crippen LogP contribution in [0.15, 0.2) is 30.3 Å². The number of amides is 2. The Morgan fingerprint density at radius 2 is 1.89 bits per heavy atom. The molecule has 0 unspecified atom stereocenters. The van der Waals surface area contributed by atoms with Gasteiger partial charge in [-0.05, 0) is 19.1 Å². The van der Waals surface area contributed by atoms with Crippen LogP contribution in [0.2, 0.25) is 0 Å². The fourth-order valence-corrected chi connectivity index (χ4v) is 1.19. The number of ether oxygens (including phenoxy) is 2. The first-order valence-electron chi connectivity index (χ1n) is 5.46. The minimum Gasteiger partial charge on any atom is -0.453 e. The standard InChI is InChI=1S/C12H16N2O4/c1-9(8-13-11(15)17-2)18-12(16)14-10-6-4-3-5-7-10/h3-7,9H,8H2,1-2H3,(H,13,15)(H,14,16)/t9-/m0/s1. The summed E-state index contributed by atoms with van der Waals surface area (Å²) in [6.45, 7) is 1.86. The highest BCUT2D eigenvalue weighted by Crippen LogP contribution is 2.05. The quantitative estimate of drug-likeness (QED) is 0.859. The lowest BCUT2D eigenvalue weighted by atomic mass is 10.3. The van der Waals surface area contributed by atoms with E-state index in [1.807, 2.05) is 6.07 Å². The molecule has 1 rings (SSSR count). The Morgan fingerprint density at radius 3 is 2.50 bits per heavy atom. The summed E-state index contributed by atoms with van der Waals surface area (Å²) in [5, 5.41) is 5.00. The van der Waals surface area contributed by atoms with Crippen molar-refractivity contribution in [1.29, 1.82) is 0 Å². The zero-order valence-electron chi connectivity index (χ0n) is 10.3. The summed E-state index contributed by atoms with van der Waals surface area (Å²) in [6.07, 6.45) is -1.58. The number of benzene rings is 1. The first kappa shape index (κ1) is 13.8. The molecule has 2 amide bonds. The Balaban J connectivity index is 2.29. The maximum Gasteiger partial charge on any atom is 0.411 e. The summed E-state index contributed by atoms with van der Waals surface area (Å²) in [7, 11) is 1.27. The lowest BCUT2D eigenvalue weighted by Crippen LogP contribution is -2.34. The van der Waals surface area contributed by atoms with E-state index in [1.54, 1.807) is 31.2 Å². The minimum atomic E-state index is -0.569. The summed E-state index contributed by atoms with van der Waals surface area (Å²) in [5.41, 5.74) is 0.649. The van der Waals surface area contributed by atoms with Crippen molar-refractivity contribution in [2.45, 2.75) is 13.0 Å². The molecule has 6 nitrogen and oxygen atoms in total. The zero-order chi connectivity index (χ0) is 13.4. The highest BCUT2D eigenvalue weighted by atomic mass is 16.6. The summed E-state index contributed by atoms with van der Waals surface area (Å²) in [5.74, 6) is 0. The summed E-state index contributed by atoms with van der Waals surface area (Å²) < 4.78 is 9.42. The third-order valence-corrected chi connectivity index (χ3v) is 2.05. The van der Waals surface area contributed by atoms with Crippen LogP contribution in [-0.2, 0) is 9.47 Å². The van der Waals surface area contributed by atoms with Gasteiger partial charge in [0, 0.05) is 5.69 Å². The van der Waals surface area contributed by atoms with E-state index in [2.05, 4.69) is 15.4 Å². The number of methoxy groups -OCH3 is 1. The van der Waals surface area contributed by atoms with Crippen molar-refractivity contribution >= 4 is 17.9 Å². The SMILES string of the molecule is COC(=O)NC[C@H](C)OC(=O)Nc1ccccc1. The van der Waals surface area contributed by atoms with E-state index >= 15 is 0 Å². The van der Waals surface area contributed by atoms with E-state index in [1.165, 1.54) is 7.11 Å². The van der Waals surface area contributed by atoms with E-state index in [4.69, 9.17) is 4.74 Å². The van der Waals surface area contributed by atoms with Gasteiger partial charge in [0.1, 0.15) is 6.10 Å². The molecule has 0 bridgehead atoms. The molecular weight excluding hydrogens is 236 g/mol. The third kappa shape index (κ3) is 5.20. The van der Waals surface area contributed by atoms with Crippen LogP contribution in [0.5, 0.6) is 0 Å². The highest BCUT2D eigenvalue weighted by Gasteiger charge is 2.10. The van der Waals surface area contributed by atoms with Crippen molar-refractivity contribution in [2.24, 2.45) is 0 Å². The summed E-state index contributed by atoms with van der Waals surface area (Å²) in [4.78, 5) is 22.3. The van der Waals surface area contributed by atoms with Crippen LogP contribution >= 0.6 is 0 Å². The van der Waals surface area contributed by atoms with Crippen LogP contribution in [0.25, 0.3) is 0 Å². The molecule has 0 spiro atoms. The molecule has 98 valence electrons. The number of carbonyl (C=O) groups is 2. The van der Waals surface area contributed by atoms with Crippen LogP contribution in [0.1, 0.15) is 6.92 Å². The second kappa shape index (κ2) is 7.16. The van der Waals surface area contributed by atoms with E-state index < -0.39 is 18.3 Å². The lowest BCUT2D eigenvalue weighted by Gasteiger charge is -2.14. The molecule has 0 aliphatic carbocycles. The molecule has 0 heterocycles. The fraction of sp³-hybridized carbons (Fsp3) is 0.333. The number of hydrogen-bond donors (Lipinski definition) is 2. The average Bonchev–Trinajstić information content (AvgIpc) is 2.37. The molecule has 2 N–H and O–H groups in total. The molecule has 6 heteroatoms. The monoisotopic (exact) mass is 252 g/mol. The molecule has 1 aromatic rings. The largest absolute Gasteiger partial charge is 0.453 e. The molecule has 0 fully saturated rings. The van der Waals surface area contributed by atoms with Gasteiger partial charge in [0.2, 0.25) is 0 Å². The molecular formula is C12H16N2O4. The molecule has 0 radical (unpaired) electrons. The predicted octanol–water partition coefficient (Wildman–Crippen LogP) is 1.98. The molecule has 18 heavy (non-hydrogen) atoms.